The van der Waals surface area contributed by atoms with Crippen LogP contribution in [0, 0.1) is 13.8 Å². The Morgan fingerprint density at radius 3 is 1.48 bits per heavy atom. The van der Waals surface area contributed by atoms with Crippen molar-refractivity contribution in [2.24, 2.45) is 0 Å². The average molecular weight is 637 g/mol. The Labute approximate surface area is 280 Å². The van der Waals surface area contributed by atoms with E-state index in [1.54, 1.807) is 0 Å². The Morgan fingerprint density at radius 1 is 0.458 bits per heavy atom. The number of anilines is 3. The summed E-state index contributed by atoms with van der Waals surface area (Å²) in [6, 6.07) is 57.1. The van der Waals surface area contributed by atoms with Crippen molar-refractivity contribution in [2.75, 3.05) is 4.90 Å². The number of hydrogen-bond donors (Lipinski definition) is 0. The van der Waals surface area contributed by atoms with Crippen LogP contribution < -0.4 is 20.8 Å². The molecule has 0 fully saturated rings. The van der Waals surface area contributed by atoms with Crippen LogP contribution in [0.15, 0.2) is 164 Å². The average Bonchev–Trinajstić information content (AvgIpc) is 3.47. The fourth-order valence-electron chi connectivity index (χ4n) is 7.67. The van der Waals surface area contributed by atoms with Gasteiger partial charge in [-0.05, 0) is 96.8 Å². The summed E-state index contributed by atoms with van der Waals surface area (Å²) in [6.07, 6.45) is 0. The van der Waals surface area contributed by atoms with Crippen LogP contribution in [-0.4, -0.2) is 4.57 Å². The van der Waals surface area contributed by atoms with Gasteiger partial charge < -0.3 is 14.0 Å². The van der Waals surface area contributed by atoms with E-state index in [0.29, 0.717) is 0 Å². The van der Waals surface area contributed by atoms with Crippen LogP contribution in [0.5, 0.6) is 0 Å². The molecule has 0 saturated carbocycles. The lowest BCUT2D eigenvalue weighted by Gasteiger charge is -2.38. The lowest BCUT2D eigenvalue weighted by molar-refractivity contribution is 0.592. The summed E-state index contributed by atoms with van der Waals surface area (Å²) >= 11 is 0. The first kappa shape index (κ1) is 28.6. The van der Waals surface area contributed by atoms with Gasteiger partial charge in [0.1, 0.15) is 0 Å². The maximum Gasteiger partial charge on any atom is 0.175 e. The fraction of sp³-hybridized carbons (Fsp3) is 0.0455. The van der Waals surface area contributed by atoms with Crippen molar-refractivity contribution < 1.29 is 4.57 Å². The van der Waals surface area contributed by atoms with E-state index in [-0.39, 0.29) is 0 Å². The van der Waals surface area contributed by atoms with E-state index < -0.39 is 7.14 Å². The molecule has 3 nitrogen and oxygen atoms in total. The van der Waals surface area contributed by atoms with Crippen molar-refractivity contribution in [3.8, 4) is 16.8 Å². The Bertz CT molecular complexity index is 2480. The molecule has 9 rings (SSSR count). The van der Waals surface area contributed by atoms with Gasteiger partial charge in [0.05, 0.1) is 22.4 Å². The molecule has 0 atom stereocenters. The van der Waals surface area contributed by atoms with E-state index in [4.69, 9.17) is 0 Å². The monoisotopic (exact) mass is 636 g/mol. The predicted molar refractivity (Wildman–Crippen MR) is 203 cm³/mol. The molecule has 230 valence electrons. The van der Waals surface area contributed by atoms with Crippen LogP contribution in [-0.2, 0) is 4.57 Å². The molecule has 48 heavy (non-hydrogen) atoms. The van der Waals surface area contributed by atoms with Gasteiger partial charge in [-0.15, -0.1) is 0 Å². The molecular weight excluding hydrogens is 603 g/mol. The molecule has 0 aliphatic carbocycles. The molecule has 0 N–H and O–H groups in total. The maximum absolute atomic E-state index is 15.2. The van der Waals surface area contributed by atoms with Crippen molar-refractivity contribution in [1.29, 1.82) is 0 Å². The van der Waals surface area contributed by atoms with Crippen LogP contribution in [0.1, 0.15) is 11.1 Å². The largest absolute Gasteiger partial charge is 0.309 e. The van der Waals surface area contributed by atoms with E-state index in [9.17, 15) is 0 Å². The second kappa shape index (κ2) is 11.0. The second-order valence-electron chi connectivity index (χ2n) is 12.6. The summed E-state index contributed by atoms with van der Waals surface area (Å²) in [4.78, 5) is 2.28. The second-order valence-corrected chi connectivity index (χ2v) is 15.3. The smallest absolute Gasteiger partial charge is 0.175 e. The van der Waals surface area contributed by atoms with E-state index in [1.807, 2.05) is 66.7 Å². The SMILES string of the molecule is Cc1cc(N2c3ccccc3P(=O)(c3ccccc3)c3ccccc32)ccc1-c1ccc(-n2c3ccccc3c3ccccc32)cc1C. The normalized spacial score (nSPS) is 13.4. The van der Waals surface area contributed by atoms with Crippen LogP contribution >= 0.6 is 7.14 Å². The zero-order valence-electron chi connectivity index (χ0n) is 26.8. The molecule has 7 aromatic carbocycles. The molecule has 0 unspecified atom stereocenters. The van der Waals surface area contributed by atoms with E-state index in [1.165, 1.54) is 44.1 Å². The first-order valence-corrected chi connectivity index (χ1v) is 18.1. The zero-order valence-corrected chi connectivity index (χ0v) is 27.7. The van der Waals surface area contributed by atoms with Crippen molar-refractivity contribution in [2.45, 2.75) is 13.8 Å². The molecule has 1 aromatic heterocycles. The van der Waals surface area contributed by atoms with Crippen LogP contribution in [0.25, 0.3) is 38.6 Å². The summed E-state index contributed by atoms with van der Waals surface area (Å²) in [7, 11) is -3.08. The first-order valence-electron chi connectivity index (χ1n) is 16.4. The number of nitrogens with zero attached hydrogens (tertiary/aromatic N) is 2. The highest BCUT2D eigenvalue weighted by molar-refractivity contribution is 7.86. The molecule has 4 heteroatoms. The molecule has 0 spiro atoms. The van der Waals surface area contributed by atoms with Gasteiger partial charge in [-0.3, -0.25) is 0 Å². The minimum atomic E-state index is -3.08. The molecule has 0 radical (unpaired) electrons. The lowest BCUT2D eigenvalue weighted by atomic mass is 9.95. The number of rotatable bonds is 4. The Balaban J connectivity index is 1.15. The van der Waals surface area contributed by atoms with Crippen molar-refractivity contribution in [1.82, 2.24) is 4.57 Å². The van der Waals surface area contributed by atoms with Crippen molar-refractivity contribution >= 4 is 61.9 Å². The topological polar surface area (TPSA) is 25.2 Å². The third-order valence-corrected chi connectivity index (χ3v) is 13.0. The van der Waals surface area contributed by atoms with Gasteiger partial charge in [-0.25, -0.2) is 0 Å². The molecule has 2 heterocycles. The van der Waals surface area contributed by atoms with Crippen molar-refractivity contribution in [3.05, 3.63) is 175 Å². The highest BCUT2D eigenvalue weighted by atomic mass is 31.2. The van der Waals surface area contributed by atoms with Crippen molar-refractivity contribution in [3.63, 3.8) is 0 Å². The molecule has 8 aromatic rings. The number of hydrogen-bond acceptors (Lipinski definition) is 2. The quantitative estimate of drug-likeness (QED) is 0.180. The number of fused-ring (bicyclic) bond motifs is 5. The van der Waals surface area contributed by atoms with Gasteiger partial charge in [-0.2, -0.15) is 0 Å². The summed E-state index contributed by atoms with van der Waals surface area (Å²) in [5.41, 5.74) is 11.4. The predicted octanol–water partition coefficient (Wildman–Crippen LogP) is 10.5. The van der Waals surface area contributed by atoms with Crippen LogP contribution in [0.3, 0.4) is 0 Å². The zero-order chi connectivity index (χ0) is 32.4. The van der Waals surface area contributed by atoms with Gasteiger partial charge in [-0.1, -0.05) is 103 Å². The number of benzene rings is 7. The first-order chi connectivity index (χ1) is 23.5. The molecular formula is C44H33N2OP. The van der Waals surface area contributed by atoms with Gasteiger partial charge in [0.25, 0.3) is 0 Å². The lowest BCUT2D eigenvalue weighted by Crippen LogP contribution is -2.36. The molecule has 1 aliphatic rings. The third-order valence-electron chi connectivity index (χ3n) is 9.85. The van der Waals surface area contributed by atoms with Gasteiger partial charge in [0.15, 0.2) is 7.14 Å². The highest BCUT2D eigenvalue weighted by Gasteiger charge is 2.40. The van der Waals surface area contributed by atoms with Gasteiger partial charge in [0.2, 0.25) is 0 Å². The van der Waals surface area contributed by atoms with Gasteiger partial charge in [0, 0.05) is 38.1 Å². The van der Waals surface area contributed by atoms with E-state index in [2.05, 4.69) is 120 Å². The standard InChI is InChI=1S/C44H33N2OP/c1-30-28-32(45-39-18-8-6-16-37(39)38-17-7-9-19-40(38)45)24-26-35(30)36-27-25-33(29-31(36)2)46-41-20-10-12-22-43(41)48(47,34-14-4-3-5-15-34)44-23-13-11-21-42(44)46/h3-29H,1-2H3. The number of aromatic nitrogens is 1. The van der Waals surface area contributed by atoms with Gasteiger partial charge >= 0.3 is 0 Å². The summed E-state index contributed by atoms with van der Waals surface area (Å²) in [5, 5.41) is 5.13. The molecule has 0 bridgehead atoms. The Morgan fingerprint density at radius 2 is 0.917 bits per heavy atom. The summed E-state index contributed by atoms with van der Waals surface area (Å²) < 4.78 is 17.6. The fourth-order valence-corrected chi connectivity index (χ4v) is 10.7. The van der Waals surface area contributed by atoms with E-state index >= 15 is 4.57 Å². The highest BCUT2D eigenvalue weighted by Crippen LogP contribution is 2.54. The Kier molecular flexibility index (Phi) is 6.54. The molecule has 1 aliphatic heterocycles. The summed E-state index contributed by atoms with van der Waals surface area (Å²) in [5.74, 6) is 0. The molecule has 0 saturated heterocycles. The van der Waals surface area contributed by atoms with Crippen LogP contribution in [0.4, 0.5) is 17.1 Å². The minimum absolute atomic E-state index is 0.857. The van der Waals surface area contributed by atoms with E-state index in [0.717, 1.165) is 38.7 Å². The number of aryl methyl sites for hydroxylation is 2. The minimum Gasteiger partial charge on any atom is -0.309 e. The maximum atomic E-state index is 15.2. The third kappa shape index (κ3) is 4.18. The summed E-state index contributed by atoms with van der Waals surface area (Å²) in [6.45, 7) is 4.40. The Hall–Kier alpha value is -5.63. The molecule has 0 amide bonds. The van der Waals surface area contributed by atoms with Crippen LogP contribution in [0.2, 0.25) is 0 Å². The number of para-hydroxylation sites is 4.